The number of nitrogens with zero attached hydrogens (tertiary/aromatic N) is 2. The van der Waals surface area contributed by atoms with Crippen LogP contribution in [0.1, 0.15) is 23.0 Å². The molecule has 0 unspecified atom stereocenters. The van der Waals surface area contributed by atoms with Crippen LogP contribution in [0.2, 0.25) is 0 Å². The number of rotatable bonds is 3. The van der Waals surface area contributed by atoms with Crippen LogP contribution in [0.15, 0.2) is 34.9 Å². The number of aromatic nitrogens is 2. The molecule has 3 nitrogen and oxygen atoms in total. The van der Waals surface area contributed by atoms with Crippen LogP contribution in [0.25, 0.3) is 0 Å². The van der Waals surface area contributed by atoms with E-state index in [-0.39, 0.29) is 5.78 Å². The highest BCUT2D eigenvalue weighted by Crippen LogP contribution is 2.22. The third-order valence-electron chi connectivity index (χ3n) is 2.42. The second-order valence-corrected chi connectivity index (χ2v) is 5.59. The third-order valence-corrected chi connectivity index (χ3v) is 3.78. The summed E-state index contributed by atoms with van der Waals surface area (Å²) in [5, 5.41) is 4.11. The van der Waals surface area contributed by atoms with Crippen LogP contribution >= 0.6 is 38.5 Å². The fraction of sp³-hybridized carbons (Fsp3) is 0.167. The van der Waals surface area contributed by atoms with E-state index in [4.69, 9.17) is 0 Å². The average molecular weight is 405 g/mol. The monoisotopic (exact) mass is 404 g/mol. The summed E-state index contributed by atoms with van der Waals surface area (Å²) in [7, 11) is 0. The van der Waals surface area contributed by atoms with Crippen molar-refractivity contribution in [3.05, 3.63) is 49.8 Å². The standard InChI is InChI=1S/C12H10BrIN2O/c1-2-16-11(5-6-15-16)12(17)9-7-8(14)3-4-10(9)13/h3-7H,2H2,1H3. The molecule has 2 rings (SSSR count). The Kier molecular flexibility index (Phi) is 3.98. The Morgan fingerprint density at radius 3 is 2.94 bits per heavy atom. The van der Waals surface area contributed by atoms with Crippen LogP contribution in [0, 0.1) is 3.57 Å². The van der Waals surface area contributed by atoms with E-state index >= 15 is 0 Å². The van der Waals surface area contributed by atoms with Gasteiger partial charge in [0.2, 0.25) is 5.78 Å². The lowest BCUT2D eigenvalue weighted by atomic mass is 10.1. The number of halogens is 2. The summed E-state index contributed by atoms with van der Waals surface area (Å²) in [6, 6.07) is 7.47. The molecule has 0 fully saturated rings. The molecular weight excluding hydrogens is 395 g/mol. The van der Waals surface area contributed by atoms with Crippen LogP contribution in [0.5, 0.6) is 0 Å². The van der Waals surface area contributed by atoms with Gasteiger partial charge in [0.25, 0.3) is 0 Å². The average Bonchev–Trinajstić information content (AvgIpc) is 2.79. The van der Waals surface area contributed by atoms with Gasteiger partial charge < -0.3 is 0 Å². The molecule has 17 heavy (non-hydrogen) atoms. The first-order valence-electron chi connectivity index (χ1n) is 5.15. The molecule has 0 aliphatic rings. The van der Waals surface area contributed by atoms with Crippen LogP contribution in [-0.4, -0.2) is 15.6 Å². The highest BCUT2D eigenvalue weighted by atomic mass is 127. The van der Waals surface area contributed by atoms with Gasteiger partial charge in [-0.3, -0.25) is 9.48 Å². The van der Waals surface area contributed by atoms with Crippen molar-refractivity contribution in [1.29, 1.82) is 0 Å². The molecule has 2 aromatic rings. The van der Waals surface area contributed by atoms with Crippen molar-refractivity contribution >= 4 is 44.3 Å². The molecule has 5 heteroatoms. The zero-order chi connectivity index (χ0) is 12.4. The first-order chi connectivity index (χ1) is 8.13. The van der Waals surface area contributed by atoms with Gasteiger partial charge in [0, 0.05) is 26.3 Å². The number of carbonyl (C=O) groups is 1. The Labute approximate surface area is 121 Å². The highest BCUT2D eigenvalue weighted by Gasteiger charge is 2.16. The summed E-state index contributed by atoms with van der Waals surface area (Å²) in [5.41, 5.74) is 1.29. The molecule has 1 aromatic carbocycles. The van der Waals surface area contributed by atoms with E-state index < -0.39 is 0 Å². The summed E-state index contributed by atoms with van der Waals surface area (Å²) >= 11 is 5.61. The number of hydrogen-bond acceptors (Lipinski definition) is 2. The number of ketones is 1. The number of aryl methyl sites for hydroxylation is 1. The van der Waals surface area contributed by atoms with E-state index in [0.717, 1.165) is 8.04 Å². The summed E-state index contributed by atoms with van der Waals surface area (Å²) in [6.45, 7) is 2.66. The van der Waals surface area contributed by atoms with Crippen molar-refractivity contribution in [3.63, 3.8) is 0 Å². The molecule has 1 heterocycles. The Hall–Kier alpha value is -0.690. The predicted octanol–water partition coefficient (Wildman–Crippen LogP) is 3.50. The first-order valence-corrected chi connectivity index (χ1v) is 7.02. The van der Waals surface area contributed by atoms with Gasteiger partial charge in [-0.05, 0) is 53.8 Å². The van der Waals surface area contributed by atoms with Gasteiger partial charge >= 0.3 is 0 Å². The molecule has 0 saturated carbocycles. The molecule has 1 aromatic heterocycles. The smallest absolute Gasteiger partial charge is 0.212 e. The maximum Gasteiger partial charge on any atom is 0.212 e. The van der Waals surface area contributed by atoms with Crippen molar-refractivity contribution in [2.75, 3.05) is 0 Å². The van der Waals surface area contributed by atoms with Gasteiger partial charge in [-0.25, -0.2) is 0 Å². The maximum atomic E-state index is 12.4. The van der Waals surface area contributed by atoms with Crippen molar-refractivity contribution in [1.82, 2.24) is 9.78 Å². The van der Waals surface area contributed by atoms with Crippen molar-refractivity contribution in [3.8, 4) is 0 Å². The molecule has 0 radical (unpaired) electrons. The van der Waals surface area contributed by atoms with Crippen LogP contribution < -0.4 is 0 Å². The number of carbonyl (C=O) groups excluding carboxylic acids is 1. The Morgan fingerprint density at radius 1 is 1.47 bits per heavy atom. The van der Waals surface area contributed by atoms with Crippen molar-refractivity contribution < 1.29 is 4.79 Å². The van der Waals surface area contributed by atoms with E-state index in [1.54, 1.807) is 16.9 Å². The Morgan fingerprint density at radius 2 is 2.24 bits per heavy atom. The van der Waals surface area contributed by atoms with Crippen LogP contribution in [0.4, 0.5) is 0 Å². The fourth-order valence-corrected chi connectivity index (χ4v) is 2.50. The summed E-state index contributed by atoms with van der Waals surface area (Å²) < 4.78 is 3.55. The van der Waals surface area contributed by atoms with Crippen molar-refractivity contribution in [2.24, 2.45) is 0 Å². The lowest BCUT2D eigenvalue weighted by molar-refractivity contribution is 0.102. The molecule has 0 atom stereocenters. The van der Waals surface area contributed by atoms with E-state index in [1.807, 2.05) is 25.1 Å². The summed E-state index contributed by atoms with van der Waals surface area (Å²) in [6.07, 6.45) is 1.65. The summed E-state index contributed by atoms with van der Waals surface area (Å²) in [4.78, 5) is 12.4. The second kappa shape index (κ2) is 5.30. The fourth-order valence-electron chi connectivity index (χ4n) is 1.59. The topological polar surface area (TPSA) is 34.9 Å². The zero-order valence-corrected chi connectivity index (χ0v) is 12.9. The van der Waals surface area contributed by atoms with Gasteiger partial charge in [-0.15, -0.1) is 0 Å². The molecule has 88 valence electrons. The molecular formula is C12H10BrIN2O. The molecule has 0 aliphatic carbocycles. The minimum Gasteiger partial charge on any atom is -0.287 e. The molecule has 0 spiro atoms. The summed E-state index contributed by atoms with van der Waals surface area (Å²) in [5.74, 6) is -0.00487. The van der Waals surface area contributed by atoms with E-state index in [9.17, 15) is 4.79 Å². The minimum absolute atomic E-state index is 0.00487. The van der Waals surface area contributed by atoms with Crippen LogP contribution in [0.3, 0.4) is 0 Å². The molecule has 0 saturated heterocycles. The largest absolute Gasteiger partial charge is 0.287 e. The Bertz CT molecular complexity index is 565. The predicted molar refractivity (Wildman–Crippen MR) is 78.2 cm³/mol. The SMILES string of the molecule is CCn1nccc1C(=O)c1cc(I)ccc1Br. The quantitative estimate of drug-likeness (QED) is 0.579. The van der Waals surface area contributed by atoms with Gasteiger partial charge in [-0.1, -0.05) is 15.9 Å². The third kappa shape index (κ3) is 2.60. The Balaban J connectivity index is 2.47. The molecule has 0 aliphatic heterocycles. The van der Waals surface area contributed by atoms with E-state index in [0.29, 0.717) is 17.8 Å². The molecule has 0 bridgehead atoms. The van der Waals surface area contributed by atoms with Gasteiger partial charge in [0.15, 0.2) is 0 Å². The minimum atomic E-state index is -0.00487. The van der Waals surface area contributed by atoms with Crippen molar-refractivity contribution in [2.45, 2.75) is 13.5 Å². The van der Waals surface area contributed by atoms with Crippen LogP contribution in [-0.2, 0) is 6.54 Å². The molecule has 0 amide bonds. The maximum absolute atomic E-state index is 12.4. The van der Waals surface area contributed by atoms with E-state index in [1.165, 1.54) is 0 Å². The van der Waals surface area contributed by atoms with Gasteiger partial charge in [-0.2, -0.15) is 5.10 Å². The zero-order valence-electron chi connectivity index (χ0n) is 9.15. The van der Waals surface area contributed by atoms with Gasteiger partial charge in [0.05, 0.1) is 0 Å². The normalized spacial score (nSPS) is 10.5. The number of hydrogen-bond donors (Lipinski definition) is 0. The highest BCUT2D eigenvalue weighted by molar-refractivity contribution is 14.1. The van der Waals surface area contributed by atoms with Gasteiger partial charge in [0.1, 0.15) is 5.69 Å². The molecule has 0 N–H and O–H groups in total. The van der Waals surface area contributed by atoms with E-state index in [2.05, 4.69) is 43.6 Å². The second-order valence-electron chi connectivity index (χ2n) is 3.49. The lowest BCUT2D eigenvalue weighted by Gasteiger charge is -2.06. The lowest BCUT2D eigenvalue weighted by Crippen LogP contribution is -2.11. The number of benzene rings is 1. The first kappa shape index (κ1) is 12.8.